The maximum atomic E-state index is 10.2. The van der Waals surface area contributed by atoms with E-state index < -0.39 is 0 Å². The molecule has 86 valence electrons. The van der Waals surface area contributed by atoms with Crippen LogP contribution in [0.2, 0.25) is 0 Å². The Kier molecular flexibility index (Phi) is 4.19. The van der Waals surface area contributed by atoms with Gasteiger partial charge in [-0.25, -0.2) is 0 Å². The Labute approximate surface area is 112 Å². The van der Waals surface area contributed by atoms with Gasteiger partial charge in [0.15, 0.2) is 0 Å². The monoisotopic (exact) mass is 316 g/mol. The number of hydrogen-bond acceptors (Lipinski definition) is 3. The predicted octanol–water partition coefficient (Wildman–Crippen LogP) is 4.41. The van der Waals surface area contributed by atoms with Gasteiger partial charge in [-0.15, -0.1) is 22.7 Å². The van der Waals surface area contributed by atoms with E-state index in [1.54, 1.807) is 22.7 Å². The molecule has 0 spiro atoms. The topological polar surface area (TPSA) is 20.2 Å². The zero-order valence-corrected chi connectivity index (χ0v) is 12.2. The lowest BCUT2D eigenvalue weighted by Gasteiger charge is -2.09. The summed E-state index contributed by atoms with van der Waals surface area (Å²) >= 11 is 6.78. The first kappa shape index (κ1) is 12.3. The molecule has 2 rings (SSSR count). The van der Waals surface area contributed by atoms with E-state index in [1.807, 2.05) is 6.07 Å². The van der Waals surface area contributed by atoms with Crippen molar-refractivity contribution in [3.8, 4) is 0 Å². The molecule has 0 aromatic carbocycles. The molecule has 1 unspecified atom stereocenters. The minimum atomic E-state index is -0.361. The summed E-state index contributed by atoms with van der Waals surface area (Å²) in [6.45, 7) is 2.13. The Hall–Kier alpha value is -0.160. The van der Waals surface area contributed by atoms with Gasteiger partial charge in [-0.05, 0) is 51.5 Å². The van der Waals surface area contributed by atoms with E-state index in [9.17, 15) is 5.11 Å². The van der Waals surface area contributed by atoms with Crippen LogP contribution in [0.4, 0.5) is 0 Å². The molecule has 2 aromatic rings. The normalized spacial score (nSPS) is 12.9. The Bertz CT molecular complexity index is 461. The third kappa shape index (κ3) is 2.74. The second-order valence-electron chi connectivity index (χ2n) is 3.59. The van der Waals surface area contributed by atoms with E-state index in [1.165, 1.54) is 10.4 Å². The first-order valence-electron chi connectivity index (χ1n) is 5.19. The maximum absolute atomic E-state index is 10.2. The highest BCUT2D eigenvalue weighted by Gasteiger charge is 2.14. The van der Waals surface area contributed by atoms with Crippen molar-refractivity contribution in [1.82, 2.24) is 0 Å². The number of aliphatic hydroxyl groups is 1. The molecular weight excluding hydrogens is 304 g/mol. The number of rotatable bonds is 4. The first-order chi connectivity index (χ1) is 7.70. The zero-order valence-electron chi connectivity index (χ0n) is 8.94. The minimum Gasteiger partial charge on any atom is -0.387 e. The van der Waals surface area contributed by atoms with Crippen molar-refractivity contribution in [3.05, 3.63) is 42.7 Å². The number of halogens is 1. The minimum absolute atomic E-state index is 0.361. The molecule has 4 heteroatoms. The molecule has 1 nitrogen and oxygen atoms in total. The van der Waals surface area contributed by atoms with E-state index in [0.29, 0.717) is 6.42 Å². The SMILES string of the molecule is CCc1ccsc1C(O)Cc1ccc(Br)s1. The largest absolute Gasteiger partial charge is 0.387 e. The van der Waals surface area contributed by atoms with Crippen molar-refractivity contribution in [2.45, 2.75) is 25.9 Å². The molecule has 2 heterocycles. The van der Waals surface area contributed by atoms with Crippen LogP contribution in [0.3, 0.4) is 0 Å². The summed E-state index contributed by atoms with van der Waals surface area (Å²) in [7, 11) is 0. The van der Waals surface area contributed by atoms with Crippen LogP contribution in [0.25, 0.3) is 0 Å². The van der Waals surface area contributed by atoms with Crippen molar-refractivity contribution < 1.29 is 5.11 Å². The molecule has 0 amide bonds. The quantitative estimate of drug-likeness (QED) is 0.885. The molecule has 1 N–H and O–H groups in total. The average Bonchev–Trinajstić information content (AvgIpc) is 2.86. The average molecular weight is 317 g/mol. The van der Waals surface area contributed by atoms with Crippen molar-refractivity contribution >= 4 is 38.6 Å². The Morgan fingerprint density at radius 2 is 2.19 bits per heavy atom. The molecule has 0 saturated carbocycles. The van der Waals surface area contributed by atoms with Gasteiger partial charge in [-0.2, -0.15) is 0 Å². The molecular formula is C12H13BrOS2. The number of thiophene rings is 2. The third-order valence-corrected chi connectivity index (χ3v) is 5.19. The molecule has 0 aliphatic heterocycles. The summed E-state index contributed by atoms with van der Waals surface area (Å²) in [6.07, 6.45) is 1.34. The van der Waals surface area contributed by atoms with Gasteiger partial charge in [-0.3, -0.25) is 0 Å². The number of aryl methyl sites for hydroxylation is 1. The summed E-state index contributed by atoms with van der Waals surface area (Å²) in [5, 5.41) is 12.2. The Morgan fingerprint density at radius 3 is 2.81 bits per heavy atom. The van der Waals surface area contributed by atoms with Crippen LogP contribution < -0.4 is 0 Å². The fourth-order valence-electron chi connectivity index (χ4n) is 1.68. The van der Waals surface area contributed by atoms with E-state index in [2.05, 4.69) is 40.4 Å². The molecule has 0 fully saturated rings. The molecule has 0 saturated heterocycles. The second-order valence-corrected chi connectivity index (χ2v) is 7.08. The van der Waals surface area contributed by atoms with Crippen LogP contribution in [0.15, 0.2) is 27.4 Å². The molecule has 0 aliphatic rings. The van der Waals surface area contributed by atoms with Crippen molar-refractivity contribution in [2.75, 3.05) is 0 Å². The van der Waals surface area contributed by atoms with Gasteiger partial charge in [0.25, 0.3) is 0 Å². The van der Waals surface area contributed by atoms with Crippen LogP contribution >= 0.6 is 38.6 Å². The van der Waals surface area contributed by atoms with Gasteiger partial charge in [0.1, 0.15) is 0 Å². The van der Waals surface area contributed by atoms with Gasteiger partial charge < -0.3 is 5.11 Å². The van der Waals surface area contributed by atoms with Crippen molar-refractivity contribution in [1.29, 1.82) is 0 Å². The van der Waals surface area contributed by atoms with Gasteiger partial charge in [-0.1, -0.05) is 6.92 Å². The van der Waals surface area contributed by atoms with Gasteiger partial charge in [0, 0.05) is 16.2 Å². The second kappa shape index (κ2) is 5.45. The van der Waals surface area contributed by atoms with Crippen LogP contribution in [0.1, 0.15) is 28.3 Å². The lowest BCUT2D eigenvalue weighted by atomic mass is 10.1. The highest BCUT2D eigenvalue weighted by atomic mass is 79.9. The van der Waals surface area contributed by atoms with Gasteiger partial charge in [0.2, 0.25) is 0 Å². The van der Waals surface area contributed by atoms with Crippen LogP contribution in [-0.4, -0.2) is 5.11 Å². The van der Waals surface area contributed by atoms with E-state index >= 15 is 0 Å². The number of aliphatic hydroxyl groups excluding tert-OH is 1. The van der Waals surface area contributed by atoms with E-state index in [-0.39, 0.29) is 6.10 Å². The molecule has 16 heavy (non-hydrogen) atoms. The third-order valence-electron chi connectivity index (χ3n) is 2.49. The smallest absolute Gasteiger partial charge is 0.0932 e. The van der Waals surface area contributed by atoms with E-state index in [4.69, 9.17) is 0 Å². The van der Waals surface area contributed by atoms with Crippen LogP contribution in [-0.2, 0) is 12.8 Å². The predicted molar refractivity (Wildman–Crippen MR) is 74.4 cm³/mol. The first-order valence-corrected chi connectivity index (χ1v) is 7.68. The highest BCUT2D eigenvalue weighted by molar-refractivity contribution is 9.11. The number of hydrogen-bond donors (Lipinski definition) is 1. The Balaban J connectivity index is 2.11. The van der Waals surface area contributed by atoms with Gasteiger partial charge in [0.05, 0.1) is 9.89 Å². The summed E-state index contributed by atoms with van der Waals surface area (Å²) in [5.74, 6) is 0. The van der Waals surface area contributed by atoms with Crippen LogP contribution in [0.5, 0.6) is 0 Å². The lowest BCUT2D eigenvalue weighted by molar-refractivity contribution is 0.182. The summed E-state index contributed by atoms with van der Waals surface area (Å²) < 4.78 is 1.12. The zero-order chi connectivity index (χ0) is 11.5. The van der Waals surface area contributed by atoms with Crippen molar-refractivity contribution in [2.24, 2.45) is 0 Å². The molecule has 0 aliphatic carbocycles. The summed E-state index contributed by atoms with van der Waals surface area (Å²) in [4.78, 5) is 2.34. The highest BCUT2D eigenvalue weighted by Crippen LogP contribution is 2.30. The maximum Gasteiger partial charge on any atom is 0.0932 e. The molecule has 1 atom stereocenters. The standard InChI is InChI=1S/C12H13BrOS2/c1-2-8-5-6-15-12(8)10(14)7-9-3-4-11(13)16-9/h3-6,10,14H,2,7H2,1H3. The summed E-state index contributed by atoms with van der Waals surface area (Å²) in [6, 6.07) is 6.20. The molecule has 0 radical (unpaired) electrons. The van der Waals surface area contributed by atoms with Crippen molar-refractivity contribution in [3.63, 3.8) is 0 Å². The molecule has 0 bridgehead atoms. The Morgan fingerprint density at radius 1 is 1.38 bits per heavy atom. The fraction of sp³-hybridized carbons (Fsp3) is 0.333. The summed E-state index contributed by atoms with van der Waals surface area (Å²) in [5.41, 5.74) is 1.27. The lowest BCUT2D eigenvalue weighted by Crippen LogP contribution is -2.00. The molecule has 2 aromatic heterocycles. The fourth-order valence-corrected chi connectivity index (χ4v) is 4.18. The van der Waals surface area contributed by atoms with E-state index in [0.717, 1.165) is 15.1 Å². The van der Waals surface area contributed by atoms with Gasteiger partial charge >= 0.3 is 0 Å². The van der Waals surface area contributed by atoms with Crippen LogP contribution in [0, 0.1) is 0 Å².